The van der Waals surface area contributed by atoms with Gasteiger partial charge in [0.15, 0.2) is 5.78 Å². The summed E-state index contributed by atoms with van der Waals surface area (Å²) in [4.78, 5) is 11.8. The molecule has 0 unspecified atom stereocenters. The molecule has 2 rings (SSSR count). The smallest absolute Gasteiger partial charge is 0.193 e. The van der Waals surface area contributed by atoms with Gasteiger partial charge >= 0.3 is 0 Å². The minimum absolute atomic E-state index is 0. The van der Waals surface area contributed by atoms with Crippen molar-refractivity contribution in [3.8, 4) is 0 Å². The zero-order valence-corrected chi connectivity index (χ0v) is 9.34. The molecule has 17 heavy (non-hydrogen) atoms. The zero-order chi connectivity index (χ0) is 11.5. The molecule has 2 aromatic rings. The minimum atomic E-state index is -0.393. The van der Waals surface area contributed by atoms with Crippen LogP contribution in [0.2, 0.25) is 0 Å². The average Bonchev–Trinajstić information content (AvgIpc) is 2.30. The van der Waals surface area contributed by atoms with E-state index in [0.717, 1.165) is 0 Å². The molecule has 0 fully saturated rings. The molecule has 0 aliphatic carbocycles. The van der Waals surface area contributed by atoms with Crippen molar-refractivity contribution in [3.63, 3.8) is 0 Å². The molecule has 0 aliphatic rings. The van der Waals surface area contributed by atoms with Crippen LogP contribution in [0.1, 0.15) is 15.9 Å². The van der Waals surface area contributed by atoms with Gasteiger partial charge in [-0.25, -0.2) is 8.78 Å². The Kier molecular flexibility index (Phi) is 5.25. The average molecular weight is 258 g/mol. The van der Waals surface area contributed by atoms with E-state index in [-0.39, 0.29) is 43.5 Å². The third-order valence-electron chi connectivity index (χ3n) is 2.21. The van der Waals surface area contributed by atoms with Gasteiger partial charge < -0.3 is 0 Å². The standard InChI is InChI=1S/C13H8F2O.Ar/c14-11-5-1-9(2-6-11)13(16)10-3-7-12(15)8-4-10;/h1-8H;. The van der Waals surface area contributed by atoms with Crippen molar-refractivity contribution >= 4 is 5.78 Å². The topological polar surface area (TPSA) is 17.1 Å². The van der Waals surface area contributed by atoms with Gasteiger partial charge in [-0.3, -0.25) is 4.79 Å². The van der Waals surface area contributed by atoms with Crippen molar-refractivity contribution in [1.29, 1.82) is 0 Å². The van der Waals surface area contributed by atoms with Gasteiger partial charge in [-0.2, -0.15) is 0 Å². The number of benzene rings is 2. The van der Waals surface area contributed by atoms with Crippen LogP contribution in [0.15, 0.2) is 48.5 Å². The monoisotopic (exact) mass is 258 g/mol. The van der Waals surface area contributed by atoms with Crippen molar-refractivity contribution in [2.75, 3.05) is 0 Å². The van der Waals surface area contributed by atoms with E-state index in [1.165, 1.54) is 48.5 Å². The molecule has 0 saturated carbocycles. The molecule has 0 radical (unpaired) electrons. The molecule has 1 nitrogen and oxygen atoms in total. The molecule has 0 amide bonds. The Bertz CT molecular complexity index is 458. The molecule has 4 heteroatoms. The van der Waals surface area contributed by atoms with Crippen LogP contribution in [0.3, 0.4) is 0 Å². The SMILES string of the molecule is O=C(c1ccc(F)cc1)c1ccc(F)cc1.[Ar]. The van der Waals surface area contributed by atoms with E-state index in [1.54, 1.807) is 0 Å². The molecule has 0 aliphatic heterocycles. The molecule has 0 spiro atoms. The first-order chi connectivity index (χ1) is 7.66. The molecule has 0 atom stereocenters. The summed E-state index contributed by atoms with van der Waals surface area (Å²) in [7, 11) is 0. The summed E-state index contributed by atoms with van der Waals surface area (Å²) in [6.45, 7) is 0. The van der Waals surface area contributed by atoms with Gasteiger partial charge in [0, 0.05) is 48.9 Å². The molecular weight excluding hydrogens is 250 g/mol. The van der Waals surface area contributed by atoms with Crippen molar-refractivity contribution < 1.29 is 51.3 Å². The van der Waals surface area contributed by atoms with Gasteiger partial charge in [0.2, 0.25) is 0 Å². The summed E-state index contributed by atoms with van der Waals surface area (Å²) in [5.41, 5.74) is 0.765. The second-order valence-corrected chi connectivity index (χ2v) is 3.34. The first-order valence-corrected chi connectivity index (χ1v) is 4.72. The van der Waals surface area contributed by atoms with Crippen LogP contribution in [0, 0.1) is 49.4 Å². The van der Waals surface area contributed by atoms with E-state index in [0.29, 0.717) is 11.1 Å². The molecule has 0 N–H and O–H groups in total. The Morgan fingerprint density at radius 1 is 0.706 bits per heavy atom. The number of rotatable bonds is 2. The van der Waals surface area contributed by atoms with E-state index >= 15 is 0 Å². The normalized spacial score (nSPS) is 9.53. The van der Waals surface area contributed by atoms with E-state index in [9.17, 15) is 13.6 Å². The summed E-state index contributed by atoms with van der Waals surface area (Å²) in [5.74, 6) is -1.04. The second kappa shape index (κ2) is 6.24. The number of hydrogen-bond acceptors (Lipinski definition) is 1. The van der Waals surface area contributed by atoms with Gasteiger partial charge in [0.05, 0.1) is 0 Å². The number of carbonyl (C=O) groups is 1. The zero-order valence-electron chi connectivity index (χ0n) is 8.64. The molecule has 0 bridgehead atoms. The maximum Gasteiger partial charge on any atom is 0.193 e. The van der Waals surface area contributed by atoms with Gasteiger partial charge in [-0.1, -0.05) is 0 Å². The van der Waals surface area contributed by atoms with E-state index < -0.39 is 11.6 Å². The molecule has 0 saturated heterocycles. The van der Waals surface area contributed by atoms with Crippen LogP contribution in [-0.4, -0.2) is 5.78 Å². The molecule has 0 aromatic heterocycles. The quantitative estimate of drug-likeness (QED) is 0.756. The summed E-state index contributed by atoms with van der Waals surface area (Å²) in [6.07, 6.45) is 0. The fourth-order valence-electron chi connectivity index (χ4n) is 1.37. The predicted molar refractivity (Wildman–Crippen MR) is 56.2 cm³/mol. The summed E-state index contributed by atoms with van der Waals surface area (Å²) >= 11 is 0. The number of carbonyl (C=O) groups excluding carboxylic acids is 1. The van der Waals surface area contributed by atoms with Crippen molar-refractivity contribution in [2.24, 2.45) is 0 Å². The van der Waals surface area contributed by atoms with Crippen LogP contribution in [0.5, 0.6) is 0 Å². The fraction of sp³-hybridized carbons (Fsp3) is 0. The van der Waals surface area contributed by atoms with Crippen molar-refractivity contribution in [1.82, 2.24) is 0 Å². The Morgan fingerprint density at radius 2 is 1.00 bits per heavy atom. The molecule has 0 heterocycles. The van der Waals surface area contributed by atoms with Gasteiger partial charge in [-0.15, -0.1) is 0 Å². The maximum atomic E-state index is 12.6. The minimum Gasteiger partial charge on any atom is -0.289 e. The van der Waals surface area contributed by atoms with Crippen LogP contribution in [-0.2, 0) is 0 Å². The van der Waals surface area contributed by atoms with Crippen molar-refractivity contribution in [3.05, 3.63) is 71.3 Å². The number of hydrogen-bond donors (Lipinski definition) is 0. The van der Waals surface area contributed by atoms with Gasteiger partial charge in [0.25, 0.3) is 0 Å². The van der Waals surface area contributed by atoms with E-state index in [2.05, 4.69) is 0 Å². The van der Waals surface area contributed by atoms with Crippen LogP contribution in [0.4, 0.5) is 8.78 Å². The third kappa shape index (κ3) is 3.60. The fourth-order valence-corrected chi connectivity index (χ4v) is 1.37. The Hall–Kier alpha value is -0.770. The summed E-state index contributed by atoms with van der Waals surface area (Å²) in [6, 6.07) is 10.5. The van der Waals surface area contributed by atoms with Crippen LogP contribution < -0.4 is 0 Å². The second-order valence-electron chi connectivity index (χ2n) is 3.34. The Morgan fingerprint density at radius 3 is 1.29 bits per heavy atom. The number of ketones is 1. The van der Waals surface area contributed by atoms with Crippen LogP contribution >= 0.6 is 0 Å². The van der Waals surface area contributed by atoms with E-state index in [4.69, 9.17) is 0 Å². The first kappa shape index (κ1) is 14.3. The Balaban J connectivity index is 0.00000144. The predicted octanol–water partition coefficient (Wildman–Crippen LogP) is 3.20. The summed E-state index contributed by atoms with van der Waals surface area (Å²) in [5, 5.41) is 0. The number of halogens is 2. The summed E-state index contributed by atoms with van der Waals surface area (Å²) < 4.78 is 25.3. The third-order valence-corrected chi connectivity index (χ3v) is 2.21. The molecule has 2 aromatic carbocycles. The maximum absolute atomic E-state index is 12.6. The van der Waals surface area contributed by atoms with Gasteiger partial charge in [-0.05, 0) is 48.5 Å². The molecular formula is C13H8ArF2O. The van der Waals surface area contributed by atoms with Crippen LogP contribution in [0.25, 0.3) is 0 Å². The molecule has 88 valence electrons. The van der Waals surface area contributed by atoms with Gasteiger partial charge in [0.1, 0.15) is 11.6 Å². The first-order valence-electron chi connectivity index (χ1n) is 4.72. The Labute approximate surface area is 127 Å². The van der Waals surface area contributed by atoms with E-state index in [1.807, 2.05) is 0 Å². The largest absolute Gasteiger partial charge is 0.289 e. The van der Waals surface area contributed by atoms with Crippen molar-refractivity contribution in [2.45, 2.75) is 0 Å².